The molecular weight excluding hydrogens is 274 g/mol. The number of carbonyl (C=O) groups is 1. The molecule has 1 aromatic carbocycles. The molecule has 0 spiro atoms. The maximum Gasteiger partial charge on any atom is 0.339 e. The van der Waals surface area contributed by atoms with Crippen molar-refractivity contribution in [2.24, 2.45) is 0 Å². The number of para-hydroxylation sites is 1. The van der Waals surface area contributed by atoms with Gasteiger partial charge in [-0.15, -0.1) is 0 Å². The van der Waals surface area contributed by atoms with Gasteiger partial charge in [-0.05, 0) is 30.7 Å². The van der Waals surface area contributed by atoms with E-state index in [9.17, 15) is 9.90 Å². The highest BCUT2D eigenvalue weighted by molar-refractivity contribution is 8.00. The second-order valence-corrected chi connectivity index (χ2v) is 6.77. The monoisotopic (exact) mass is 293 g/mol. The maximum atomic E-state index is 11.3. The molecule has 0 radical (unpaired) electrons. The van der Waals surface area contributed by atoms with Gasteiger partial charge in [-0.3, -0.25) is 0 Å². The first kappa shape index (κ1) is 13.6. The van der Waals surface area contributed by atoms with Crippen LogP contribution in [0.2, 0.25) is 0 Å². The van der Waals surface area contributed by atoms with E-state index in [0.717, 1.165) is 12.2 Å². The van der Waals surface area contributed by atoms with Crippen molar-refractivity contribution in [3.05, 3.63) is 23.8 Å². The summed E-state index contributed by atoms with van der Waals surface area (Å²) in [4.78, 5) is 13.7. The van der Waals surface area contributed by atoms with Crippen LogP contribution in [0.25, 0.3) is 0 Å². The van der Waals surface area contributed by atoms with E-state index in [1.165, 1.54) is 18.6 Å². The fourth-order valence-corrected chi connectivity index (χ4v) is 4.31. The first-order chi connectivity index (χ1) is 9.68. The molecule has 0 aliphatic carbocycles. The third-order valence-corrected chi connectivity index (χ3v) is 5.44. The predicted molar refractivity (Wildman–Crippen MR) is 81.2 cm³/mol. The first-order valence-electron chi connectivity index (χ1n) is 7.06. The van der Waals surface area contributed by atoms with Gasteiger partial charge in [-0.25, -0.2) is 4.79 Å². The van der Waals surface area contributed by atoms with Crippen molar-refractivity contribution in [1.82, 2.24) is 0 Å². The van der Waals surface area contributed by atoms with Crippen molar-refractivity contribution in [2.45, 2.75) is 31.1 Å². The Morgan fingerprint density at radius 2 is 2.35 bits per heavy atom. The second-order valence-electron chi connectivity index (χ2n) is 5.29. The third kappa shape index (κ3) is 2.35. The number of rotatable bonds is 2. The average molecular weight is 293 g/mol. The molecule has 1 saturated heterocycles. The van der Waals surface area contributed by atoms with Crippen LogP contribution in [0, 0.1) is 0 Å². The van der Waals surface area contributed by atoms with Crippen LogP contribution >= 0.6 is 11.8 Å². The number of carboxylic acid groups (broad SMARTS) is 1. The summed E-state index contributed by atoms with van der Waals surface area (Å²) < 4.78 is 5.64. The molecule has 3 rings (SSSR count). The highest BCUT2D eigenvalue weighted by atomic mass is 32.2. The lowest BCUT2D eigenvalue weighted by Crippen LogP contribution is -2.47. The van der Waals surface area contributed by atoms with Crippen molar-refractivity contribution in [1.29, 1.82) is 0 Å². The molecule has 1 N–H and O–H groups in total. The molecule has 1 aromatic rings. The lowest BCUT2D eigenvalue weighted by atomic mass is 10.0. The molecule has 2 aliphatic heterocycles. The van der Waals surface area contributed by atoms with Crippen LogP contribution in [0.15, 0.2) is 18.2 Å². The number of hydrogen-bond donors (Lipinski definition) is 1. The van der Waals surface area contributed by atoms with E-state index in [0.29, 0.717) is 23.6 Å². The number of fused-ring (bicyclic) bond motifs is 1. The number of ether oxygens (including phenoxy) is 1. The lowest BCUT2D eigenvalue weighted by Gasteiger charge is -2.42. The second kappa shape index (κ2) is 5.56. The zero-order valence-corrected chi connectivity index (χ0v) is 12.4. The van der Waals surface area contributed by atoms with Gasteiger partial charge in [0.15, 0.2) is 5.75 Å². The fraction of sp³-hybridized carbons (Fsp3) is 0.533. The maximum absolute atomic E-state index is 11.3. The summed E-state index contributed by atoms with van der Waals surface area (Å²) >= 11 is 2.01. The quantitative estimate of drug-likeness (QED) is 0.908. The van der Waals surface area contributed by atoms with Crippen molar-refractivity contribution < 1.29 is 14.6 Å². The fourth-order valence-electron chi connectivity index (χ4n) is 3.10. The van der Waals surface area contributed by atoms with Crippen LogP contribution in [0.5, 0.6) is 5.75 Å². The average Bonchev–Trinajstić information content (AvgIpc) is 2.46. The van der Waals surface area contributed by atoms with Crippen LogP contribution in [0.1, 0.15) is 30.1 Å². The van der Waals surface area contributed by atoms with Crippen molar-refractivity contribution >= 4 is 23.4 Å². The van der Waals surface area contributed by atoms with Gasteiger partial charge in [0.25, 0.3) is 0 Å². The minimum atomic E-state index is -0.922. The molecule has 2 atom stereocenters. The van der Waals surface area contributed by atoms with E-state index in [1.807, 2.05) is 23.9 Å². The van der Waals surface area contributed by atoms with Gasteiger partial charge in [-0.2, -0.15) is 11.8 Å². The van der Waals surface area contributed by atoms with E-state index >= 15 is 0 Å². The Hall–Kier alpha value is -1.36. The van der Waals surface area contributed by atoms with Gasteiger partial charge in [0.1, 0.15) is 12.2 Å². The summed E-state index contributed by atoms with van der Waals surface area (Å²) in [5, 5.41) is 9.86. The summed E-state index contributed by atoms with van der Waals surface area (Å²) in [5.74, 6) is 0.841. The van der Waals surface area contributed by atoms with Gasteiger partial charge >= 0.3 is 5.97 Å². The molecular formula is C15H19NO3S. The van der Waals surface area contributed by atoms with Crippen LogP contribution in [-0.4, -0.2) is 41.3 Å². The zero-order chi connectivity index (χ0) is 14.1. The zero-order valence-electron chi connectivity index (χ0n) is 11.5. The van der Waals surface area contributed by atoms with Gasteiger partial charge in [-0.1, -0.05) is 13.0 Å². The largest absolute Gasteiger partial charge is 0.489 e. The van der Waals surface area contributed by atoms with Gasteiger partial charge in [0.2, 0.25) is 0 Å². The summed E-state index contributed by atoms with van der Waals surface area (Å²) in [6.45, 7) is 3.67. The molecule has 2 unspecified atom stereocenters. The highest BCUT2D eigenvalue weighted by Gasteiger charge is 2.32. The standard InChI is InChI=1S/C15H19NO3S/c1-10-12(6-3-9-20-10)16-7-8-19-14-11(15(17)18)4-2-5-13(14)16/h2,4-5,10,12H,3,6-9H2,1H3,(H,17,18). The molecule has 5 heteroatoms. The SMILES string of the molecule is CC1SCCCC1N1CCOc2c(C(=O)O)cccc21. The summed E-state index contributed by atoms with van der Waals surface area (Å²) in [6.07, 6.45) is 2.40. The Bertz CT molecular complexity index is 520. The van der Waals surface area contributed by atoms with E-state index in [1.54, 1.807) is 6.07 Å². The minimum absolute atomic E-state index is 0.267. The molecule has 4 nitrogen and oxygen atoms in total. The minimum Gasteiger partial charge on any atom is -0.489 e. The van der Waals surface area contributed by atoms with E-state index in [2.05, 4.69) is 11.8 Å². The van der Waals surface area contributed by atoms with E-state index in [4.69, 9.17) is 4.74 Å². The normalized spacial score (nSPS) is 25.8. The molecule has 108 valence electrons. The number of thioether (sulfide) groups is 1. The molecule has 2 heterocycles. The van der Waals surface area contributed by atoms with Crippen molar-refractivity contribution in [2.75, 3.05) is 23.8 Å². The number of nitrogens with zero attached hydrogens (tertiary/aromatic N) is 1. The smallest absolute Gasteiger partial charge is 0.339 e. The van der Waals surface area contributed by atoms with Crippen molar-refractivity contribution in [3.63, 3.8) is 0 Å². The summed E-state index contributed by atoms with van der Waals surface area (Å²) in [7, 11) is 0. The van der Waals surface area contributed by atoms with Gasteiger partial charge in [0, 0.05) is 11.3 Å². The Morgan fingerprint density at radius 1 is 1.50 bits per heavy atom. The molecule has 20 heavy (non-hydrogen) atoms. The molecule has 0 saturated carbocycles. The lowest BCUT2D eigenvalue weighted by molar-refractivity contribution is 0.0692. The number of aromatic carboxylic acids is 1. The number of anilines is 1. The third-order valence-electron chi connectivity index (χ3n) is 4.08. The van der Waals surface area contributed by atoms with E-state index < -0.39 is 5.97 Å². The number of carboxylic acids is 1. The molecule has 0 aromatic heterocycles. The molecule has 0 bridgehead atoms. The van der Waals surface area contributed by atoms with Crippen molar-refractivity contribution in [3.8, 4) is 5.75 Å². The van der Waals surface area contributed by atoms with Gasteiger partial charge in [0.05, 0.1) is 12.2 Å². The topological polar surface area (TPSA) is 49.8 Å². The van der Waals surface area contributed by atoms with E-state index in [-0.39, 0.29) is 5.56 Å². The summed E-state index contributed by atoms with van der Waals surface area (Å²) in [6, 6.07) is 5.88. The Morgan fingerprint density at radius 3 is 3.10 bits per heavy atom. The number of benzene rings is 1. The Balaban J connectivity index is 1.97. The molecule has 2 aliphatic rings. The van der Waals surface area contributed by atoms with Gasteiger partial charge < -0.3 is 14.7 Å². The van der Waals surface area contributed by atoms with Crippen LogP contribution in [0.3, 0.4) is 0 Å². The molecule has 1 fully saturated rings. The first-order valence-corrected chi connectivity index (χ1v) is 8.10. The number of hydrogen-bond acceptors (Lipinski definition) is 4. The Kier molecular flexibility index (Phi) is 3.78. The molecule has 0 amide bonds. The Labute approximate surface area is 123 Å². The van der Waals surface area contributed by atoms with Crippen LogP contribution < -0.4 is 9.64 Å². The van der Waals surface area contributed by atoms with Crippen LogP contribution in [0.4, 0.5) is 5.69 Å². The van der Waals surface area contributed by atoms with Crippen LogP contribution in [-0.2, 0) is 0 Å². The predicted octanol–water partition coefficient (Wildman–Crippen LogP) is 2.87. The summed E-state index contributed by atoms with van der Waals surface area (Å²) in [5.41, 5.74) is 1.21. The highest BCUT2D eigenvalue weighted by Crippen LogP contribution is 2.40.